The van der Waals surface area contributed by atoms with Gasteiger partial charge < -0.3 is 5.21 Å². The van der Waals surface area contributed by atoms with Crippen molar-refractivity contribution in [3.8, 4) is 0 Å². The summed E-state index contributed by atoms with van der Waals surface area (Å²) in [6.45, 7) is 0. The van der Waals surface area contributed by atoms with E-state index in [0.29, 0.717) is 0 Å². The fourth-order valence-corrected chi connectivity index (χ4v) is 0.516. The molecule has 54 valence electrons. The standard InChI is InChI=1S/C6H6N2O.BrH/c9-8-5-6-1-3-7-4-2-6;/h1-5,9H;1H. The summed E-state index contributed by atoms with van der Waals surface area (Å²) in [6, 6.07) is 3.50. The highest BCUT2D eigenvalue weighted by Gasteiger charge is 1.80. The first-order chi connectivity index (χ1) is 4.43. The molecule has 0 spiro atoms. The number of pyridine rings is 1. The predicted octanol–water partition coefficient (Wildman–Crippen LogP) is 1.47. The van der Waals surface area contributed by atoms with E-state index in [1.807, 2.05) is 0 Å². The van der Waals surface area contributed by atoms with Crippen LogP contribution in [0.3, 0.4) is 0 Å². The highest BCUT2D eigenvalue weighted by molar-refractivity contribution is 8.93. The maximum absolute atomic E-state index is 8.07. The molecule has 0 bridgehead atoms. The number of rotatable bonds is 1. The van der Waals surface area contributed by atoms with E-state index in [1.165, 1.54) is 6.21 Å². The van der Waals surface area contributed by atoms with Crippen LogP contribution in [0.5, 0.6) is 0 Å². The summed E-state index contributed by atoms with van der Waals surface area (Å²) >= 11 is 0. The van der Waals surface area contributed by atoms with Gasteiger partial charge in [-0.3, -0.25) is 4.98 Å². The molecule has 0 aliphatic carbocycles. The molecule has 0 atom stereocenters. The van der Waals surface area contributed by atoms with Gasteiger partial charge in [0, 0.05) is 12.4 Å². The van der Waals surface area contributed by atoms with Gasteiger partial charge in [-0.1, -0.05) is 5.16 Å². The van der Waals surface area contributed by atoms with Crippen LogP contribution < -0.4 is 0 Å². The molecule has 1 rings (SSSR count). The number of oxime groups is 1. The minimum Gasteiger partial charge on any atom is -0.411 e. The minimum absolute atomic E-state index is 0. The summed E-state index contributed by atoms with van der Waals surface area (Å²) in [5, 5.41) is 10.9. The Balaban J connectivity index is 0.000000810. The lowest BCUT2D eigenvalue weighted by Gasteiger charge is -1.84. The molecule has 0 aliphatic heterocycles. The molecule has 0 saturated carbocycles. The maximum Gasteiger partial charge on any atom is 0.0734 e. The van der Waals surface area contributed by atoms with Gasteiger partial charge in [0.1, 0.15) is 0 Å². The van der Waals surface area contributed by atoms with Crippen LogP contribution in [0, 0.1) is 0 Å². The van der Waals surface area contributed by atoms with Crippen molar-refractivity contribution in [2.75, 3.05) is 0 Å². The third-order valence-electron chi connectivity index (χ3n) is 0.913. The summed E-state index contributed by atoms with van der Waals surface area (Å²) in [5.41, 5.74) is 0.840. The molecule has 1 heterocycles. The molecule has 10 heavy (non-hydrogen) atoms. The Kier molecular flexibility index (Phi) is 4.49. The first-order valence-corrected chi connectivity index (χ1v) is 2.51. The average molecular weight is 203 g/mol. The first-order valence-electron chi connectivity index (χ1n) is 2.51. The molecule has 0 radical (unpaired) electrons. The average Bonchev–Trinajstić information content (AvgIpc) is 1.91. The van der Waals surface area contributed by atoms with Crippen molar-refractivity contribution in [3.63, 3.8) is 0 Å². The molecule has 0 aromatic carbocycles. The summed E-state index contributed by atoms with van der Waals surface area (Å²) in [5.74, 6) is 0. The van der Waals surface area contributed by atoms with E-state index in [4.69, 9.17) is 5.21 Å². The van der Waals surface area contributed by atoms with Gasteiger partial charge in [-0.15, -0.1) is 17.0 Å². The lowest BCUT2D eigenvalue weighted by Crippen LogP contribution is -1.78. The Morgan fingerprint density at radius 3 is 2.50 bits per heavy atom. The quantitative estimate of drug-likeness (QED) is 0.426. The second kappa shape index (κ2) is 4.93. The van der Waals surface area contributed by atoms with Crippen LogP contribution >= 0.6 is 17.0 Å². The van der Waals surface area contributed by atoms with Crippen molar-refractivity contribution < 1.29 is 5.21 Å². The normalized spacial score (nSPS) is 9.20. The van der Waals surface area contributed by atoms with Crippen LogP contribution in [0.4, 0.5) is 0 Å². The second-order valence-electron chi connectivity index (χ2n) is 1.53. The Hall–Kier alpha value is -0.900. The Morgan fingerprint density at radius 2 is 2.00 bits per heavy atom. The maximum atomic E-state index is 8.07. The van der Waals surface area contributed by atoms with Gasteiger partial charge in [0.05, 0.1) is 6.21 Å². The van der Waals surface area contributed by atoms with E-state index in [9.17, 15) is 0 Å². The van der Waals surface area contributed by atoms with Gasteiger partial charge in [0.2, 0.25) is 0 Å². The van der Waals surface area contributed by atoms with Gasteiger partial charge in [-0.05, 0) is 17.7 Å². The molecule has 4 heteroatoms. The smallest absolute Gasteiger partial charge is 0.0734 e. The van der Waals surface area contributed by atoms with Crippen molar-refractivity contribution in [2.45, 2.75) is 0 Å². The van der Waals surface area contributed by atoms with Gasteiger partial charge in [0.15, 0.2) is 0 Å². The number of aromatic nitrogens is 1. The molecule has 1 aromatic heterocycles. The van der Waals surface area contributed by atoms with Gasteiger partial charge >= 0.3 is 0 Å². The zero-order valence-corrected chi connectivity index (χ0v) is 6.85. The largest absolute Gasteiger partial charge is 0.411 e. The van der Waals surface area contributed by atoms with Gasteiger partial charge in [-0.25, -0.2) is 0 Å². The zero-order chi connectivity index (χ0) is 6.53. The second-order valence-corrected chi connectivity index (χ2v) is 1.53. The lowest BCUT2D eigenvalue weighted by atomic mass is 10.3. The summed E-state index contributed by atoms with van der Waals surface area (Å²) < 4.78 is 0. The third-order valence-corrected chi connectivity index (χ3v) is 0.913. The molecule has 0 amide bonds. The molecule has 1 N–H and O–H groups in total. The summed E-state index contributed by atoms with van der Waals surface area (Å²) in [4.78, 5) is 3.78. The van der Waals surface area contributed by atoms with Crippen LogP contribution in [-0.2, 0) is 0 Å². The van der Waals surface area contributed by atoms with E-state index >= 15 is 0 Å². The Labute approximate surface area is 69.2 Å². The van der Waals surface area contributed by atoms with Crippen LogP contribution in [0.2, 0.25) is 0 Å². The molecule has 0 fully saturated rings. The van der Waals surface area contributed by atoms with Gasteiger partial charge in [0.25, 0.3) is 0 Å². The Morgan fingerprint density at radius 1 is 1.40 bits per heavy atom. The predicted molar refractivity (Wildman–Crippen MR) is 43.9 cm³/mol. The number of hydrogen-bond acceptors (Lipinski definition) is 3. The lowest BCUT2D eigenvalue weighted by molar-refractivity contribution is 0.322. The van der Waals surface area contributed by atoms with Crippen molar-refractivity contribution >= 4 is 23.2 Å². The first kappa shape index (κ1) is 9.10. The van der Waals surface area contributed by atoms with Crippen LogP contribution in [-0.4, -0.2) is 16.4 Å². The van der Waals surface area contributed by atoms with E-state index in [1.54, 1.807) is 24.5 Å². The van der Waals surface area contributed by atoms with Crippen LogP contribution in [0.1, 0.15) is 5.56 Å². The molecular weight excluding hydrogens is 196 g/mol. The van der Waals surface area contributed by atoms with Crippen molar-refractivity contribution in [1.29, 1.82) is 0 Å². The van der Waals surface area contributed by atoms with Crippen molar-refractivity contribution in [2.24, 2.45) is 5.16 Å². The van der Waals surface area contributed by atoms with Crippen LogP contribution in [0.25, 0.3) is 0 Å². The number of halogens is 1. The van der Waals surface area contributed by atoms with Crippen molar-refractivity contribution in [3.05, 3.63) is 30.1 Å². The van der Waals surface area contributed by atoms with E-state index in [-0.39, 0.29) is 17.0 Å². The number of nitrogens with zero attached hydrogens (tertiary/aromatic N) is 2. The SMILES string of the molecule is Br.ON=Cc1ccncc1. The fourth-order valence-electron chi connectivity index (χ4n) is 0.516. The van der Waals surface area contributed by atoms with E-state index in [0.717, 1.165) is 5.56 Å². The van der Waals surface area contributed by atoms with Gasteiger partial charge in [-0.2, -0.15) is 0 Å². The van der Waals surface area contributed by atoms with E-state index in [2.05, 4.69) is 10.1 Å². The van der Waals surface area contributed by atoms with E-state index < -0.39 is 0 Å². The summed E-state index contributed by atoms with van der Waals surface area (Å²) in [7, 11) is 0. The van der Waals surface area contributed by atoms with Crippen LogP contribution in [0.15, 0.2) is 29.7 Å². The Bertz CT molecular complexity index is 200. The molecule has 3 nitrogen and oxygen atoms in total. The molecule has 1 aromatic rings. The highest BCUT2D eigenvalue weighted by Crippen LogP contribution is 1.89. The highest BCUT2D eigenvalue weighted by atomic mass is 79.9. The van der Waals surface area contributed by atoms with Crippen molar-refractivity contribution in [1.82, 2.24) is 4.98 Å². The zero-order valence-electron chi connectivity index (χ0n) is 5.14. The molecule has 0 aliphatic rings. The molecule has 0 unspecified atom stereocenters. The molecular formula is C6H7BrN2O. The monoisotopic (exact) mass is 202 g/mol. The summed E-state index contributed by atoms with van der Waals surface area (Å²) in [6.07, 6.45) is 4.62. The fraction of sp³-hybridized carbons (Fsp3) is 0. The third kappa shape index (κ3) is 2.59. The number of hydrogen-bond donors (Lipinski definition) is 1. The molecule has 0 saturated heterocycles. The minimum atomic E-state index is 0. The topological polar surface area (TPSA) is 45.5 Å².